The van der Waals surface area contributed by atoms with E-state index in [-0.39, 0.29) is 18.5 Å². The molecule has 0 bridgehead atoms. The van der Waals surface area contributed by atoms with Gasteiger partial charge < -0.3 is 27.8 Å². The van der Waals surface area contributed by atoms with Crippen molar-refractivity contribution < 1.29 is 27.7 Å². The van der Waals surface area contributed by atoms with Crippen LogP contribution in [0.15, 0.2) is 24.3 Å². The molecule has 5 heteroatoms. The molecule has 1 aromatic carbocycles. The van der Waals surface area contributed by atoms with Crippen LogP contribution in [0.3, 0.4) is 0 Å². The van der Waals surface area contributed by atoms with Crippen molar-refractivity contribution in [2.75, 3.05) is 20.1 Å². The molecule has 1 rings (SSSR count). The Bertz CT molecular complexity index is 372. The maximum Gasteiger partial charge on any atom is 0.414 e. The van der Waals surface area contributed by atoms with Crippen molar-refractivity contribution in [1.82, 2.24) is 4.90 Å². The van der Waals surface area contributed by atoms with Crippen molar-refractivity contribution in [2.24, 2.45) is 0 Å². The predicted octanol–water partition coefficient (Wildman–Crippen LogP) is -1.68. The van der Waals surface area contributed by atoms with Gasteiger partial charge in [0, 0.05) is 20.0 Å². The summed E-state index contributed by atoms with van der Waals surface area (Å²) in [5.74, 6) is 0.601. The van der Waals surface area contributed by atoms with E-state index in [9.17, 15) is 4.79 Å². The molecule has 0 atom stereocenters. The number of rotatable bonds is 5. The molecule has 0 heterocycles. The molecule has 0 aliphatic heterocycles. The third-order valence-corrected chi connectivity index (χ3v) is 2.44. The number of amides is 1. The molecule has 0 unspecified atom stereocenters. The number of quaternary nitrogens is 1. The molecule has 102 valence electrons. The standard InChI is InChI=1S/C13H20N2O2.ClH/c1-3-9-15(2)13(16)17-12-6-4-5-11(10-12)7-8-14;/h4-6,10H,3,7-9,14H2,1-2H3;1H. The Morgan fingerprint density at radius 2 is 2.17 bits per heavy atom. The molecule has 0 saturated heterocycles. The minimum absolute atomic E-state index is 0. The highest BCUT2D eigenvalue weighted by Gasteiger charge is 2.10. The largest absolute Gasteiger partial charge is 1.00 e. The van der Waals surface area contributed by atoms with E-state index in [1.807, 2.05) is 25.1 Å². The normalized spacial score (nSPS) is 9.50. The van der Waals surface area contributed by atoms with E-state index in [1.165, 1.54) is 0 Å². The second-order valence-electron chi connectivity index (χ2n) is 4.04. The predicted molar refractivity (Wildman–Crippen MR) is 66.8 cm³/mol. The fraction of sp³-hybridized carbons (Fsp3) is 0.462. The molecule has 3 N–H and O–H groups in total. The van der Waals surface area contributed by atoms with Gasteiger partial charge in [0.2, 0.25) is 0 Å². The van der Waals surface area contributed by atoms with E-state index >= 15 is 0 Å². The summed E-state index contributed by atoms with van der Waals surface area (Å²) in [6.07, 6.45) is 1.52. The summed E-state index contributed by atoms with van der Waals surface area (Å²) in [5, 5.41) is 0. The van der Waals surface area contributed by atoms with Gasteiger partial charge in [-0.1, -0.05) is 19.1 Å². The van der Waals surface area contributed by atoms with Crippen LogP contribution in [0, 0.1) is 0 Å². The summed E-state index contributed by atoms with van der Waals surface area (Å²) in [6, 6.07) is 7.60. The third-order valence-electron chi connectivity index (χ3n) is 2.44. The van der Waals surface area contributed by atoms with E-state index in [1.54, 1.807) is 18.0 Å². The van der Waals surface area contributed by atoms with Gasteiger partial charge in [0.15, 0.2) is 0 Å². The van der Waals surface area contributed by atoms with Gasteiger partial charge in [-0.15, -0.1) is 0 Å². The van der Waals surface area contributed by atoms with Gasteiger partial charge in [-0.3, -0.25) is 0 Å². The van der Waals surface area contributed by atoms with Crippen LogP contribution in [0.5, 0.6) is 5.75 Å². The Hall–Kier alpha value is -1.26. The lowest BCUT2D eigenvalue weighted by Gasteiger charge is -2.15. The first-order chi connectivity index (χ1) is 8.17. The summed E-state index contributed by atoms with van der Waals surface area (Å²) >= 11 is 0. The Morgan fingerprint density at radius 1 is 1.44 bits per heavy atom. The van der Waals surface area contributed by atoms with Crippen molar-refractivity contribution in [1.29, 1.82) is 0 Å². The first-order valence-electron chi connectivity index (χ1n) is 5.98. The number of nitrogens with zero attached hydrogens (tertiary/aromatic N) is 1. The highest BCUT2D eigenvalue weighted by atomic mass is 35.5. The van der Waals surface area contributed by atoms with Crippen molar-refractivity contribution in [3.05, 3.63) is 29.8 Å². The van der Waals surface area contributed by atoms with Gasteiger partial charge in [-0.05, 0) is 24.1 Å². The molecule has 0 radical (unpaired) electrons. The van der Waals surface area contributed by atoms with E-state index in [0.717, 1.165) is 24.9 Å². The molecule has 0 aromatic heterocycles. The molecule has 1 aromatic rings. The minimum atomic E-state index is -0.307. The summed E-state index contributed by atoms with van der Waals surface area (Å²) < 4.78 is 5.28. The van der Waals surface area contributed by atoms with Gasteiger partial charge in [0.1, 0.15) is 5.75 Å². The van der Waals surface area contributed by atoms with Gasteiger partial charge in [-0.25, -0.2) is 4.79 Å². The van der Waals surface area contributed by atoms with Crippen LogP contribution < -0.4 is 22.9 Å². The first kappa shape index (κ1) is 16.7. The number of hydrogen-bond acceptors (Lipinski definition) is 2. The average Bonchev–Trinajstić information content (AvgIpc) is 2.30. The highest BCUT2D eigenvalue weighted by Crippen LogP contribution is 2.14. The first-order valence-corrected chi connectivity index (χ1v) is 5.98. The Balaban J connectivity index is 0.00000289. The SMILES string of the molecule is CCCN(C)C(=O)Oc1cccc(CC[NH3+])c1.[Cl-]. The lowest BCUT2D eigenvalue weighted by molar-refractivity contribution is -0.366. The van der Waals surface area contributed by atoms with E-state index in [0.29, 0.717) is 12.3 Å². The maximum atomic E-state index is 11.7. The zero-order valence-corrected chi connectivity index (χ0v) is 11.7. The van der Waals surface area contributed by atoms with Crippen LogP contribution in [-0.4, -0.2) is 31.1 Å². The quantitative estimate of drug-likeness (QED) is 0.696. The molecule has 18 heavy (non-hydrogen) atoms. The Labute approximate surface area is 115 Å². The summed E-state index contributed by atoms with van der Waals surface area (Å²) in [6.45, 7) is 3.57. The average molecular weight is 273 g/mol. The second kappa shape index (κ2) is 8.78. The van der Waals surface area contributed by atoms with E-state index < -0.39 is 0 Å². The molecule has 0 aliphatic rings. The van der Waals surface area contributed by atoms with Gasteiger partial charge in [0.25, 0.3) is 0 Å². The number of halogens is 1. The van der Waals surface area contributed by atoms with Crippen LogP contribution in [0.1, 0.15) is 18.9 Å². The molecular formula is C13H21ClN2O2. The lowest BCUT2D eigenvalue weighted by atomic mass is 10.1. The van der Waals surface area contributed by atoms with Crippen LogP contribution >= 0.6 is 0 Å². The van der Waals surface area contributed by atoms with Crippen LogP contribution in [0.4, 0.5) is 4.79 Å². The molecule has 0 fully saturated rings. The molecule has 4 nitrogen and oxygen atoms in total. The van der Waals surface area contributed by atoms with Crippen molar-refractivity contribution >= 4 is 6.09 Å². The smallest absolute Gasteiger partial charge is 0.414 e. The van der Waals surface area contributed by atoms with Gasteiger partial charge in [-0.2, -0.15) is 0 Å². The van der Waals surface area contributed by atoms with Gasteiger partial charge in [0.05, 0.1) is 6.54 Å². The maximum absolute atomic E-state index is 11.7. The summed E-state index contributed by atoms with van der Waals surface area (Å²) in [4.78, 5) is 13.2. The lowest BCUT2D eigenvalue weighted by Crippen LogP contribution is -3.00. The van der Waals surface area contributed by atoms with Crippen LogP contribution in [0.2, 0.25) is 0 Å². The molecule has 0 aliphatic carbocycles. The Morgan fingerprint density at radius 3 is 2.78 bits per heavy atom. The topological polar surface area (TPSA) is 57.2 Å². The zero-order valence-electron chi connectivity index (χ0n) is 11.0. The Kier molecular flexibility index (Phi) is 8.16. The zero-order chi connectivity index (χ0) is 12.7. The fourth-order valence-corrected chi connectivity index (χ4v) is 1.57. The van der Waals surface area contributed by atoms with Gasteiger partial charge >= 0.3 is 6.09 Å². The molecule has 0 spiro atoms. The molecule has 1 amide bonds. The number of benzene rings is 1. The molecular weight excluding hydrogens is 252 g/mol. The third kappa shape index (κ3) is 5.38. The number of hydrogen-bond donors (Lipinski definition) is 1. The van der Waals surface area contributed by atoms with E-state index in [2.05, 4.69) is 5.73 Å². The minimum Gasteiger partial charge on any atom is -1.00 e. The van der Waals surface area contributed by atoms with Crippen LogP contribution in [-0.2, 0) is 6.42 Å². The van der Waals surface area contributed by atoms with Crippen LogP contribution in [0.25, 0.3) is 0 Å². The summed E-state index contributed by atoms with van der Waals surface area (Å²) in [7, 11) is 1.74. The fourth-order valence-electron chi connectivity index (χ4n) is 1.57. The number of ether oxygens (including phenoxy) is 1. The second-order valence-corrected chi connectivity index (χ2v) is 4.04. The monoisotopic (exact) mass is 272 g/mol. The number of carbonyl (C=O) groups excluding carboxylic acids is 1. The van der Waals surface area contributed by atoms with E-state index in [4.69, 9.17) is 4.74 Å². The summed E-state index contributed by atoms with van der Waals surface area (Å²) in [5.41, 5.74) is 4.95. The van der Waals surface area contributed by atoms with Crippen molar-refractivity contribution in [2.45, 2.75) is 19.8 Å². The molecule has 0 saturated carbocycles. The van der Waals surface area contributed by atoms with Crippen molar-refractivity contribution in [3.8, 4) is 5.75 Å². The number of carbonyl (C=O) groups is 1. The highest BCUT2D eigenvalue weighted by molar-refractivity contribution is 5.70. The van der Waals surface area contributed by atoms with Crippen molar-refractivity contribution in [3.63, 3.8) is 0 Å².